The Hall–Kier alpha value is -2.63. The van der Waals surface area contributed by atoms with Crippen molar-refractivity contribution in [2.24, 2.45) is 5.41 Å². The maximum absolute atomic E-state index is 12.6. The minimum Gasteiger partial charge on any atom is -0.493 e. The van der Waals surface area contributed by atoms with Crippen LogP contribution in [-0.2, 0) is 24.2 Å². The Kier molecular flexibility index (Phi) is 4.22. The number of ether oxygens (including phenoxy) is 1. The minimum atomic E-state index is -0.230. The highest BCUT2D eigenvalue weighted by Crippen LogP contribution is 2.48. The van der Waals surface area contributed by atoms with Gasteiger partial charge in [-0.25, -0.2) is 4.68 Å². The Morgan fingerprint density at radius 2 is 2.07 bits per heavy atom. The van der Waals surface area contributed by atoms with Gasteiger partial charge in [-0.1, -0.05) is 18.6 Å². The molecule has 1 spiro atoms. The van der Waals surface area contributed by atoms with Crippen LogP contribution in [-0.4, -0.2) is 35.3 Å². The van der Waals surface area contributed by atoms with Gasteiger partial charge in [0.1, 0.15) is 18.1 Å². The normalized spacial score (nSPS) is 19.4. The van der Waals surface area contributed by atoms with E-state index in [4.69, 9.17) is 4.74 Å². The highest BCUT2D eigenvalue weighted by molar-refractivity contribution is 5.80. The molecular formula is C22H25N3O3. The lowest BCUT2D eigenvalue weighted by molar-refractivity contribution is -0.119. The molecule has 0 amide bonds. The molecule has 1 saturated heterocycles. The maximum Gasteiger partial charge on any atom is 0.267 e. The van der Waals surface area contributed by atoms with Gasteiger partial charge in [-0.2, -0.15) is 5.10 Å². The number of aromatic nitrogens is 2. The molecule has 28 heavy (non-hydrogen) atoms. The van der Waals surface area contributed by atoms with Crippen LogP contribution in [0, 0.1) is 5.41 Å². The summed E-state index contributed by atoms with van der Waals surface area (Å²) in [7, 11) is 0. The summed E-state index contributed by atoms with van der Waals surface area (Å²) in [6.07, 6.45) is 6.32. The first kappa shape index (κ1) is 17.5. The van der Waals surface area contributed by atoms with E-state index in [0.29, 0.717) is 12.0 Å². The Bertz CT molecular complexity index is 977. The molecule has 0 unspecified atom stereocenters. The van der Waals surface area contributed by atoms with Crippen molar-refractivity contribution < 1.29 is 9.53 Å². The van der Waals surface area contributed by atoms with Crippen molar-refractivity contribution in [1.82, 2.24) is 9.78 Å². The Labute approximate surface area is 164 Å². The molecule has 2 aliphatic heterocycles. The van der Waals surface area contributed by atoms with Crippen molar-refractivity contribution in [3.8, 4) is 5.75 Å². The fourth-order valence-electron chi connectivity index (χ4n) is 4.71. The molecule has 0 radical (unpaired) electrons. The molecule has 2 fully saturated rings. The number of benzene rings is 1. The number of ketones is 1. The first-order chi connectivity index (χ1) is 13.6. The summed E-state index contributed by atoms with van der Waals surface area (Å²) < 4.78 is 6.89. The number of hydrogen-bond acceptors (Lipinski definition) is 5. The zero-order valence-corrected chi connectivity index (χ0v) is 16.0. The molecule has 2 aromatic rings. The van der Waals surface area contributed by atoms with Gasteiger partial charge in [0.05, 0.1) is 6.61 Å². The lowest BCUT2D eigenvalue weighted by Crippen LogP contribution is -2.34. The van der Waals surface area contributed by atoms with E-state index in [-0.39, 0.29) is 24.3 Å². The second-order valence-electron chi connectivity index (χ2n) is 8.47. The van der Waals surface area contributed by atoms with Gasteiger partial charge in [-0.05, 0) is 47.9 Å². The second kappa shape index (κ2) is 6.76. The molecule has 3 heterocycles. The molecule has 5 rings (SSSR count). The maximum atomic E-state index is 12.6. The number of fused-ring (bicyclic) bond motifs is 1. The second-order valence-corrected chi connectivity index (χ2v) is 8.47. The van der Waals surface area contributed by atoms with Gasteiger partial charge in [0.25, 0.3) is 5.56 Å². The summed E-state index contributed by atoms with van der Waals surface area (Å²) in [6, 6.07) is 9.26. The van der Waals surface area contributed by atoms with Crippen molar-refractivity contribution >= 4 is 11.6 Å². The van der Waals surface area contributed by atoms with Gasteiger partial charge in [-0.3, -0.25) is 9.59 Å². The van der Waals surface area contributed by atoms with E-state index in [1.54, 1.807) is 6.07 Å². The van der Waals surface area contributed by atoms with Gasteiger partial charge in [-0.15, -0.1) is 0 Å². The Morgan fingerprint density at radius 3 is 2.86 bits per heavy atom. The summed E-state index contributed by atoms with van der Waals surface area (Å²) in [6.45, 7) is 2.70. The molecule has 0 bridgehead atoms. The molecule has 1 aromatic carbocycles. The molecule has 1 aliphatic carbocycles. The van der Waals surface area contributed by atoms with Crippen molar-refractivity contribution in [1.29, 1.82) is 0 Å². The van der Waals surface area contributed by atoms with Gasteiger partial charge in [0.2, 0.25) is 0 Å². The van der Waals surface area contributed by atoms with Crippen molar-refractivity contribution in [2.45, 2.75) is 45.1 Å². The summed E-state index contributed by atoms with van der Waals surface area (Å²) in [4.78, 5) is 27.1. The summed E-state index contributed by atoms with van der Waals surface area (Å²) in [5, 5.41) is 4.50. The Balaban J connectivity index is 1.28. The van der Waals surface area contributed by atoms with Gasteiger partial charge in [0.15, 0.2) is 5.78 Å². The Morgan fingerprint density at radius 1 is 1.18 bits per heavy atom. The molecule has 146 valence electrons. The van der Waals surface area contributed by atoms with Crippen LogP contribution in [0.2, 0.25) is 0 Å². The molecule has 6 nitrogen and oxygen atoms in total. The van der Waals surface area contributed by atoms with Crippen LogP contribution >= 0.6 is 0 Å². The largest absolute Gasteiger partial charge is 0.493 e. The number of carbonyl (C=O) groups excluding carboxylic acids is 1. The molecule has 0 N–H and O–H groups in total. The number of nitrogens with zero attached hydrogens (tertiary/aromatic N) is 3. The number of hydrogen-bond donors (Lipinski definition) is 0. The minimum absolute atomic E-state index is 0.00357. The molecule has 6 heteroatoms. The van der Waals surface area contributed by atoms with Crippen LogP contribution in [0.25, 0.3) is 0 Å². The van der Waals surface area contributed by atoms with Gasteiger partial charge < -0.3 is 9.64 Å². The standard InChI is InChI=1S/C22H25N3O3/c26-18(12-16-2-3-17-6-11-28-19(17)13-16)14-25-21(27)5-4-20(23-25)24-10-9-22(15-24)7-1-8-22/h2-5,13H,1,6-12,14-15H2. The lowest BCUT2D eigenvalue weighted by atomic mass is 9.68. The summed E-state index contributed by atoms with van der Waals surface area (Å²) >= 11 is 0. The number of rotatable bonds is 5. The van der Waals surface area contributed by atoms with E-state index >= 15 is 0 Å². The van der Waals surface area contributed by atoms with E-state index in [9.17, 15) is 9.59 Å². The highest BCUT2D eigenvalue weighted by atomic mass is 16.5. The third-order valence-corrected chi connectivity index (χ3v) is 6.52. The SMILES string of the molecule is O=C(Cc1ccc2c(c1)OCC2)Cn1nc(N2CCC3(CCC3)C2)ccc1=O. The van der Waals surface area contributed by atoms with Gasteiger partial charge in [0, 0.05) is 32.0 Å². The van der Waals surface area contributed by atoms with Crippen molar-refractivity contribution in [3.05, 3.63) is 51.8 Å². The van der Waals surface area contributed by atoms with Crippen LogP contribution in [0.3, 0.4) is 0 Å². The smallest absolute Gasteiger partial charge is 0.267 e. The third kappa shape index (κ3) is 3.21. The first-order valence-corrected chi connectivity index (χ1v) is 10.2. The first-order valence-electron chi connectivity index (χ1n) is 10.2. The topological polar surface area (TPSA) is 64.4 Å². The van der Waals surface area contributed by atoms with E-state index in [1.165, 1.54) is 42.0 Å². The third-order valence-electron chi connectivity index (χ3n) is 6.52. The molecule has 0 atom stereocenters. The number of carbonyl (C=O) groups is 1. The zero-order chi connectivity index (χ0) is 19.1. The van der Waals surface area contributed by atoms with Gasteiger partial charge >= 0.3 is 0 Å². The lowest BCUT2D eigenvalue weighted by Gasteiger charge is -2.38. The zero-order valence-electron chi connectivity index (χ0n) is 16.0. The van der Waals surface area contributed by atoms with Crippen LogP contribution in [0.1, 0.15) is 36.8 Å². The highest BCUT2D eigenvalue weighted by Gasteiger charge is 2.43. The molecule has 3 aliphatic rings. The average molecular weight is 379 g/mol. The average Bonchev–Trinajstić information content (AvgIpc) is 3.30. The molecule has 1 saturated carbocycles. The van der Waals surface area contributed by atoms with Crippen LogP contribution in [0.5, 0.6) is 5.75 Å². The fraction of sp³-hybridized carbons (Fsp3) is 0.500. The van der Waals surface area contributed by atoms with Crippen LogP contribution in [0.4, 0.5) is 5.82 Å². The van der Waals surface area contributed by atoms with Crippen LogP contribution in [0.15, 0.2) is 35.1 Å². The number of Topliss-reactive ketones (excluding diaryl/α,β-unsaturated/α-hetero) is 1. The van der Waals surface area contributed by atoms with E-state index < -0.39 is 0 Å². The summed E-state index contributed by atoms with van der Waals surface area (Å²) in [5.41, 5.74) is 2.35. The van der Waals surface area contributed by atoms with E-state index in [0.717, 1.165) is 36.6 Å². The van der Waals surface area contributed by atoms with E-state index in [2.05, 4.69) is 10.00 Å². The van der Waals surface area contributed by atoms with Crippen LogP contribution < -0.4 is 15.2 Å². The quantitative estimate of drug-likeness (QED) is 0.798. The monoisotopic (exact) mass is 379 g/mol. The predicted octanol–water partition coefficient (Wildman–Crippen LogP) is 2.37. The number of anilines is 1. The van der Waals surface area contributed by atoms with Crippen molar-refractivity contribution in [3.63, 3.8) is 0 Å². The van der Waals surface area contributed by atoms with Crippen molar-refractivity contribution in [2.75, 3.05) is 24.6 Å². The van der Waals surface area contributed by atoms with E-state index in [1.807, 2.05) is 18.2 Å². The molecule has 1 aromatic heterocycles. The summed E-state index contributed by atoms with van der Waals surface area (Å²) in [5.74, 6) is 1.66. The molecular weight excluding hydrogens is 354 g/mol. The predicted molar refractivity (Wildman–Crippen MR) is 106 cm³/mol. The fourth-order valence-corrected chi connectivity index (χ4v) is 4.71.